The first-order valence-corrected chi connectivity index (χ1v) is 10.5. The molecular weight excluding hydrogens is 422 g/mol. The number of Topliss-reactive ketones (excluding diaryl/α,β-unsaturated/α-hetero) is 1. The van der Waals surface area contributed by atoms with E-state index in [1.807, 2.05) is 30.3 Å². The smallest absolute Gasteiger partial charge is 0.295 e. The van der Waals surface area contributed by atoms with Crippen LogP contribution in [-0.4, -0.2) is 40.0 Å². The van der Waals surface area contributed by atoms with E-state index in [-0.39, 0.29) is 23.6 Å². The summed E-state index contributed by atoms with van der Waals surface area (Å²) in [5.74, 6) is -0.681. The molecule has 2 N–H and O–H groups in total. The number of ketones is 1. The normalized spacial score (nSPS) is 19.0. The minimum atomic E-state index is -0.820. The highest BCUT2D eigenvalue weighted by Gasteiger charge is 2.46. The van der Waals surface area contributed by atoms with Crippen LogP contribution >= 0.6 is 0 Å². The Morgan fingerprint density at radius 1 is 0.909 bits per heavy atom. The number of ether oxygens (including phenoxy) is 2. The second-order valence-electron chi connectivity index (χ2n) is 7.86. The van der Waals surface area contributed by atoms with Crippen LogP contribution in [0.2, 0.25) is 0 Å². The van der Waals surface area contributed by atoms with Crippen molar-refractivity contribution in [2.45, 2.75) is 12.6 Å². The van der Waals surface area contributed by atoms with E-state index in [1.54, 1.807) is 30.3 Å². The summed E-state index contributed by atoms with van der Waals surface area (Å²) < 4.78 is 11.1. The molecule has 166 valence electrons. The molecule has 1 saturated heterocycles. The van der Waals surface area contributed by atoms with E-state index < -0.39 is 17.7 Å². The lowest BCUT2D eigenvalue weighted by Crippen LogP contribution is -2.29. The summed E-state index contributed by atoms with van der Waals surface area (Å²) >= 11 is 0. The van der Waals surface area contributed by atoms with E-state index in [0.29, 0.717) is 35.8 Å². The van der Waals surface area contributed by atoms with Gasteiger partial charge in [-0.1, -0.05) is 42.5 Å². The van der Waals surface area contributed by atoms with E-state index in [1.165, 1.54) is 17.0 Å². The zero-order chi connectivity index (χ0) is 22.9. The number of benzene rings is 3. The number of rotatable bonds is 4. The van der Waals surface area contributed by atoms with E-state index in [0.717, 1.165) is 5.56 Å². The first-order chi connectivity index (χ1) is 16.0. The van der Waals surface area contributed by atoms with Crippen LogP contribution in [0.3, 0.4) is 0 Å². The monoisotopic (exact) mass is 443 g/mol. The molecule has 5 rings (SSSR count). The fourth-order valence-electron chi connectivity index (χ4n) is 4.17. The average Bonchev–Trinajstić information content (AvgIpc) is 3.09. The Hall–Kier alpha value is -4.26. The number of hydrogen-bond acceptors (Lipinski definition) is 6. The van der Waals surface area contributed by atoms with Crippen LogP contribution in [-0.2, 0) is 16.1 Å². The molecule has 1 amide bonds. The summed E-state index contributed by atoms with van der Waals surface area (Å²) in [4.78, 5) is 27.7. The quantitative estimate of drug-likeness (QED) is 0.362. The number of amides is 1. The highest BCUT2D eigenvalue weighted by Crippen LogP contribution is 2.42. The molecule has 7 nitrogen and oxygen atoms in total. The first kappa shape index (κ1) is 20.6. The van der Waals surface area contributed by atoms with Gasteiger partial charge in [0.15, 0.2) is 11.5 Å². The Bertz CT molecular complexity index is 1250. The van der Waals surface area contributed by atoms with Crippen molar-refractivity contribution in [3.63, 3.8) is 0 Å². The van der Waals surface area contributed by atoms with Crippen molar-refractivity contribution in [1.82, 2.24) is 4.90 Å². The molecular formula is C26H21NO6. The number of nitrogens with zero attached hydrogens (tertiary/aromatic N) is 1. The largest absolute Gasteiger partial charge is 0.508 e. The van der Waals surface area contributed by atoms with Crippen LogP contribution in [0.4, 0.5) is 0 Å². The molecule has 1 atom stereocenters. The van der Waals surface area contributed by atoms with Gasteiger partial charge in [-0.15, -0.1) is 0 Å². The molecule has 7 heteroatoms. The Morgan fingerprint density at radius 2 is 1.61 bits per heavy atom. The highest BCUT2D eigenvalue weighted by molar-refractivity contribution is 6.46. The average molecular weight is 443 g/mol. The van der Waals surface area contributed by atoms with E-state index in [4.69, 9.17) is 9.47 Å². The van der Waals surface area contributed by atoms with E-state index in [9.17, 15) is 19.8 Å². The van der Waals surface area contributed by atoms with E-state index >= 15 is 0 Å². The molecule has 1 unspecified atom stereocenters. The number of aromatic hydroxyl groups is 1. The Morgan fingerprint density at radius 3 is 2.33 bits per heavy atom. The number of carbonyl (C=O) groups excluding carboxylic acids is 2. The number of likely N-dealkylation sites (tertiary alicyclic amines) is 1. The van der Waals surface area contributed by atoms with Crippen LogP contribution < -0.4 is 9.47 Å². The molecule has 0 aromatic heterocycles. The van der Waals surface area contributed by atoms with Gasteiger partial charge < -0.3 is 24.6 Å². The van der Waals surface area contributed by atoms with Crippen molar-refractivity contribution in [2.24, 2.45) is 0 Å². The zero-order valence-electron chi connectivity index (χ0n) is 17.6. The van der Waals surface area contributed by atoms with Gasteiger partial charge in [0.25, 0.3) is 11.7 Å². The van der Waals surface area contributed by atoms with Crippen LogP contribution in [0, 0.1) is 0 Å². The molecule has 1 fully saturated rings. The van der Waals surface area contributed by atoms with Gasteiger partial charge in [-0.2, -0.15) is 0 Å². The number of carbonyl (C=O) groups is 2. The van der Waals surface area contributed by atoms with Gasteiger partial charge >= 0.3 is 0 Å². The lowest BCUT2D eigenvalue weighted by molar-refractivity contribution is -0.140. The van der Waals surface area contributed by atoms with Gasteiger partial charge in [-0.05, 0) is 41.5 Å². The molecule has 0 aliphatic carbocycles. The van der Waals surface area contributed by atoms with E-state index in [2.05, 4.69) is 0 Å². The maximum absolute atomic E-state index is 13.1. The van der Waals surface area contributed by atoms with Crippen LogP contribution in [0.15, 0.2) is 78.4 Å². The second-order valence-corrected chi connectivity index (χ2v) is 7.86. The third-order valence-corrected chi connectivity index (χ3v) is 5.76. The van der Waals surface area contributed by atoms with Gasteiger partial charge in [0.1, 0.15) is 24.7 Å². The molecule has 3 aromatic carbocycles. The topological polar surface area (TPSA) is 96.3 Å². The minimum absolute atomic E-state index is 0.0155. The first-order valence-electron chi connectivity index (χ1n) is 10.5. The second kappa shape index (κ2) is 8.35. The minimum Gasteiger partial charge on any atom is -0.508 e. The summed E-state index contributed by atoms with van der Waals surface area (Å²) in [5, 5.41) is 20.9. The summed E-state index contributed by atoms with van der Waals surface area (Å²) in [6, 6.07) is 19.7. The number of phenolic OH excluding ortho intramolecular Hbond substituents is 1. The summed E-state index contributed by atoms with van der Waals surface area (Å²) in [7, 11) is 0. The van der Waals surface area contributed by atoms with Gasteiger partial charge in [0, 0.05) is 12.1 Å². The molecule has 3 aromatic rings. The van der Waals surface area contributed by atoms with Crippen LogP contribution in [0.5, 0.6) is 17.2 Å². The van der Waals surface area contributed by atoms with Gasteiger partial charge in [0.2, 0.25) is 0 Å². The summed E-state index contributed by atoms with van der Waals surface area (Å²) in [5.41, 5.74) is 1.78. The maximum atomic E-state index is 13.1. The molecule has 0 bridgehead atoms. The standard InChI is InChI=1S/C26H21NO6/c28-19-9-6-17(7-10-19)23-22(24(29)18-8-11-20-21(14-18)33-13-12-32-20)25(30)26(31)27(23)15-16-4-2-1-3-5-16/h1-11,14,23,28-29H,12-13,15H2. The maximum Gasteiger partial charge on any atom is 0.295 e. The van der Waals surface area contributed by atoms with Gasteiger partial charge in [-0.3, -0.25) is 9.59 Å². The third kappa shape index (κ3) is 3.78. The van der Waals surface area contributed by atoms with Crippen molar-refractivity contribution in [3.8, 4) is 17.2 Å². The lowest BCUT2D eigenvalue weighted by atomic mass is 9.95. The SMILES string of the molecule is O=C1C(=O)N(Cc2ccccc2)C(c2ccc(O)cc2)C1=C(O)c1ccc2c(c1)OCCO2. The van der Waals surface area contributed by atoms with Crippen molar-refractivity contribution in [1.29, 1.82) is 0 Å². The molecule has 2 aliphatic rings. The zero-order valence-corrected chi connectivity index (χ0v) is 17.6. The molecule has 0 spiro atoms. The Kier molecular flexibility index (Phi) is 5.22. The number of hydrogen-bond donors (Lipinski definition) is 2. The van der Waals surface area contributed by atoms with Gasteiger partial charge in [0.05, 0.1) is 11.6 Å². The predicted molar refractivity (Wildman–Crippen MR) is 120 cm³/mol. The van der Waals surface area contributed by atoms with Crippen molar-refractivity contribution >= 4 is 17.4 Å². The highest BCUT2D eigenvalue weighted by atomic mass is 16.6. The molecule has 0 radical (unpaired) electrons. The van der Waals surface area contributed by atoms with Crippen LogP contribution in [0.25, 0.3) is 5.76 Å². The summed E-state index contributed by atoms with van der Waals surface area (Å²) in [6.07, 6.45) is 0. The fraction of sp³-hybridized carbons (Fsp3) is 0.154. The number of aliphatic hydroxyl groups is 1. The lowest BCUT2D eigenvalue weighted by Gasteiger charge is -2.25. The fourth-order valence-corrected chi connectivity index (χ4v) is 4.17. The Balaban J connectivity index is 1.63. The van der Waals surface area contributed by atoms with Crippen molar-refractivity contribution in [3.05, 3.63) is 95.1 Å². The number of fused-ring (bicyclic) bond motifs is 1. The predicted octanol–water partition coefficient (Wildman–Crippen LogP) is 3.79. The number of phenols is 1. The third-order valence-electron chi connectivity index (χ3n) is 5.76. The van der Waals surface area contributed by atoms with Crippen molar-refractivity contribution in [2.75, 3.05) is 13.2 Å². The number of aliphatic hydroxyl groups excluding tert-OH is 1. The van der Waals surface area contributed by atoms with Gasteiger partial charge in [-0.25, -0.2) is 0 Å². The molecule has 0 saturated carbocycles. The molecule has 33 heavy (non-hydrogen) atoms. The molecule has 2 heterocycles. The van der Waals surface area contributed by atoms with Crippen LogP contribution in [0.1, 0.15) is 22.7 Å². The molecule has 2 aliphatic heterocycles. The van der Waals surface area contributed by atoms with Crippen molar-refractivity contribution < 1.29 is 29.3 Å². The summed E-state index contributed by atoms with van der Waals surface area (Å²) in [6.45, 7) is 1.00. The Labute approximate surface area is 190 Å².